The van der Waals surface area contributed by atoms with E-state index >= 15 is 0 Å². The molecule has 0 aliphatic carbocycles. The van der Waals surface area contributed by atoms with E-state index in [-0.39, 0.29) is 11.0 Å². The molecule has 5 heteroatoms. The standard InChI is InChI=1S/C26H46O3S.H3N/c1-22(2)18-16-14-12-10-8-6-5-7-9-11-13-15-17-19-25-24(4)23(3)20-21-26(25)30(27,28)29;/h20-22H,5-19H2,1-4H3,(H,27,28,29);1H3. The molecule has 0 aliphatic rings. The fourth-order valence-electron chi connectivity index (χ4n) is 4.20. The summed E-state index contributed by atoms with van der Waals surface area (Å²) in [6.45, 7) is 8.56. The molecule has 0 spiro atoms. The Morgan fingerprint density at radius 1 is 0.742 bits per heavy atom. The highest BCUT2D eigenvalue weighted by Crippen LogP contribution is 2.25. The first-order valence-electron chi connectivity index (χ1n) is 12.3. The monoisotopic (exact) mass is 455 g/mol. The highest BCUT2D eigenvalue weighted by molar-refractivity contribution is 7.85. The predicted octanol–water partition coefficient (Wildman–Crippen LogP) is 8.37. The van der Waals surface area contributed by atoms with Crippen LogP contribution >= 0.6 is 0 Å². The first-order valence-corrected chi connectivity index (χ1v) is 13.7. The average Bonchev–Trinajstić information content (AvgIpc) is 2.66. The summed E-state index contributed by atoms with van der Waals surface area (Å²) in [5.41, 5.74) is 2.86. The van der Waals surface area contributed by atoms with E-state index in [1.165, 1.54) is 77.0 Å². The fourth-order valence-corrected chi connectivity index (χ4v) is 5.01. The second-order valence-electron chi connectivity index (χ2n) is 9.49. The molecule has 0 fully saturated rings. The number of benzene rings is 1. The minimum Gasteiger partial charge on any atom is -0.344 e. The van der Waals surface area contributed by atoms with E-state index in [9.17, 15) is 13.0 Å². The van der Waals surface area contributed by atoms with Gasteiger partial charge in [0.15, 0.2) is 0 Å². The van der Waals surface area contributed by atoms with Crippen molar-refractivity contribution < 1.29 is 13.0 Å². The van der Waals surface area contributed by atoms with Gasteiger partial charge in [-0.25, -0.2) is 0 Å². The van der Waals surface area contributed by atoms with Crippen LogP contribution in [0, 0.1) is 19.8 Å². The van der Waals surface area contributed by atoms with Gasteiger partial charge >= 0.3 is 0 Å². The smallest absolute Gasteiger partial charge is 0.294 e. The van der Waals surface area contributed by atoms with Gasteiger partial charge in [-0.15, -0.1) is 0 Å². The molecule has 1 aromatic carbocycles. The summed E-state index contributed by atoms with van der Waals surface area (Å²) in [6, 6.07) is 3.31. The second-order valence-corrected chi connectivity index (χ2v) is 10.9. The molecule has 0 atom stereocenters. The van der Waals surface area contributed by atoms with Crippen molar-refractivity contribution >= 4 is 10.1 Å². The summed E-state index contributed by atoms with van der Waals surface area (Å²) in [4.78, 5) is 0.0884. The SMILES string of the molecule is Cc1ccc(S(=O)(=O)O)c(CCCCCCCCCCCCCCCC(C)C)c1C.N. The van der Waals surface area contributed by atoms with Gasteiger partial charge in [-0.05, 0) is 55.4 Å². The van der Waals surface area contributed by atoms with E-state index < -0.39 is 10.1 Å². The first-order chi connectivity index (χ1) is 14.2. The molecule has 182 valence electrons. The molecular weight excluding hydrogens is 406 g/mol. The van der Waals surface area contributed by atoms with Gasteiger partial charge in [0.05, 0.1) is 4.90 Å². The number of hydrogen-bond donors (Lipinski definition) is 2. The third kappa shape index (κ3) is 13.3. The van der Waals surface area contributed by atoms with Crippen molar-refractivity contribution in [3.8, 4) is 0 Å². The van der Waals surface area contributed by atoms with Gasteiger partial charge in [-0.1, -0.05) is 103 Å². The van der Waals surface area contributed by atoms with Gasteiger partial charge in [-0.3, -0.25) is 4.55 Å². The molecular formula is C26H49NO3S. The highest BCUT2D eigenvalue weighted by atomic mass is 32.2. The van der Waals surface area contributed by atoms with E-state index in [0.717, 1.165) is 41.9 Å². The molecule has 4 nitrogen and oxygen atoms in total. The van der Waals surface area contributed by atoms with Gasteiger partial charge in [0.25, 0.3) is 10.1 Å². The van der Waals surface area contributed by atoms with Crippen molar-refractivity contribution in [2.24, 2.45) is 5.92 Å². The van der Waals surface area contributed by atoms with Crippen LogP contribution in [-0.4, -0.2) is 13.0 Å². The third-order valence-electron chi connectivity index (χ3n) is 6.31. The maximum Gasteiger partial charge on any atom is 0.294 e. The van der Waals surface area contributed by atoms with E-state index in [4.69, 9.17) is 0 Å². The summed E-state index contributed by atoms with van der Waals surface area (Å²) in [6.07, 6.45) is 19.1. The molecule has 0 unspecified atom stereocenters. The molecule has 0 saturated heterocycles. The van der Waals surface area contributed by atoms with E-state index in [0.29, 0.717) is 0 Å². The number of hydrogen-bond acceptors (Lipinski definition) is 3. The van der Waals surface area contributed by atoms with Crippen LogP contribution in [0.4, 0.5) is 0 Å². The maximum absolute atomic E-state index is 11.6. The molecule has 1 aromatic rings. The normalized spacial score (nSPS) is 11.7. The van der Waals surface area contributed by atoms with Crippen molar-refractivity contribution in [3.63, 3.8) is 0 Å². The highest BCUT2D eigenvalue weighted by Gasteiger charge is 2.17. The van der Waals surface area contributed by atoms with Gasteiger partial charge in [0, 0.05) is 0 Å². The third-order valence-corrected chi connectivity index (χ3v) is 7.25. The quantitative estimate of drug-likeness (QED) is 0.182. The summed E-state index contributed by atoms with van der Waals surface area (Å²) in [7, 11) is -4.15. The van der Waals surface area contributed by atoms with Crippen LogP contribution in [-0.2, 0) is 16.5 Å². The zero-order valence-electron chi connectivity index (χ0n) is 20.7. The summed E-state index contributed by atoms with van der Waals surface area (Å²) >= 11 is 0. The number of aryl methyl sites for hydroxylation is 1. The van der Waals surface area contributed by atoms with Crippen LogP contribution in [0.3, 0.4) is 0 Å². The molecule has 0 amide bonds. The molecule has 0 heterocycles. The molecule has 0 bridgehead atoms. The lowest BCUT2D eigenvalue weighted by Gasteiger charge is -2.13. The molecule has 0 radical (unpaired) electrons. The minimum atomic E-state index is -4.15. The van der Waals surface area contributed by atoms with Crippen molar-refractivity contribution in [1.82, 2.24) is 6.15 Å². The van der Waals surface area contributed by atoms with Crippen LogP contribution in [0.25, 0.3) is 0 Å². The van der Waals surface area contributed by atoms with Gasteiger partial charge < -0.3 is 6.15 Å². The van der Waals surface area contributed by atoms with Gasteiger partial charge in [0.2, 0.25) is 0 Å². The Morgan fingerprint density at radius 2 is 1.16 bits per heavy atom. The first kappa shape index (κ1) is 30.1. The topological polar surface area (TPSA) is 89.4 Å². The van der Waals surface area contributed by atoms with Crippen molar-refractivity contribution in [1.29, 1.82) is 0 Å². The van der Waals surface area contributed by atoms with E-state index in [1.54, 1.807) is 12.1 Å². The Balaban J connectivity index is 0.00000900. The molecule has 0 aliphatic heterocycles. The Labute approximate surface area is 192 Å². The number of rotatable bonds is 17. The summed E-state index contributed by atoms with van der Waals surface area (Å²) in [5, 5.41) is 0. The minimum absolute atomic E-state index is 0. The van der Waals surface area contributed by atoms with Crippen LogP contribution in [0.15, 0.2) is 17.0 Å². The van der Waals surface area contributed by atoms with E-state index in [2.05, 4.69) is 13.8 Å². The van der Waals surface area contributed by atoms with Crippen LogP contribution in [0.2, 0.25) is 0 Å². The zero-order valence-corrected chi connectivity index (χ0v) is 21.5. The van der Waals surface area contributed by atoms with Crippen LogP contribution in [0.5, 0.6) is 0 Å². The summed E-state index contributed by atoms with van der Waals surface area (Å²) < 4.78 is 32.8. The predicted molar refractivity (Wildman–Crippen MR) is 134 cm³/mol. The maximum atomic E-state index is 11.6. The lowest BCUT2D eigenvalue weighted by atomic mass is 9.97. The van der Waals surface area contributed by atoms with Crippen LogP contribution in [0.1, 0.15) is 120 Å². The van der Waals surface area contributed by atoms with Crippen molar-refractivity contribution in [2.45, 2.75) is 129 Å². The molecule has 0 aromatic heterocycles. The fraction of sp³-hybridized carbons (Fsp3) is 0.769. The molecule has 0 saturated carbocycles. The van der Waals surface area contributed by atoms with Gasteiger partial charge in [-0.2, -0.15) is 8.42 Å². The number of unbranched alkanes of at least 4 members (excludes halogenated alkanes) is 12. The molecule has 31 heavy (non-hydrogen) atoms. The average molecular weight is 456 g/mol. The lowest BCUT2D eigenvalue weighted by molar-refractivity contribution is 0.481. The zero-order chi connectivity index (χ0) is 22.4. The van der Waals surface area contributed by atoms with E-state index in [1.807, 2.05) is 13.8 Å². The Hall–Kier alpha value is -0.910. The Bertz CT molecular complexity index is 699. The summed E-state index contributed by atoms with van der Waals surface area (Å²) in [5.74, 6) is 0.853. The van der Waals surface area contributed by atoms with Crippen molar-refractivity contribution in [3.05, 3.63) is 28.8 Å². The largest absolute Gasteiger partial charge is 0.344 e. The molecule has 1 rings (SSSR count). The van der Waals surface area contributed by atoms with Crippen molar-refractivity contribution in [2.75, 3.05) is 0 Å². The lowest BCUT2D eigenvalue weighted by Crippen LogP contribution is -2.06. The second kappa shape index (κ2) is 16.7. The Morgan fingerprint density at radius 3 is 1.58 bits per heavy atom. The van der Waals surface area contributed by atoms with Gasteiger partial charge in [0.1, 0.15) is 0 Å². The molecule has 4 N–H and O–H groups in total. The Kier molecular flexibility index (Phi) is 16.2. The van der Waals surface area contributed by atoms with Crippen LogP contribution < -0.4 is 6.15 Å².